The number of hydrogen-bond acceptors (Lipinski definition) is 7. The van der Waals surface area contributed by atoms with E-state index in [1.807, 2.05) is 19.1 Å². The molecular formula is C23H23FN6O2. The van der Waals surface area contributed by atoms with Gasteiger partial charge < -0.3 is 15.2 Å². The van der Waals surface area contributed by atoms with E-state index in [-0.39, 0.29) is 18.2 Å². The SMILES string of the molecule is CCc1c(-c2nc(N)c(OC)c(-c3ccncc3)n2)nn(Cc2ccccc2F)c1OC. The van der Waals surface area contributed by atoms with Crippen LogP contribution in [0.25, 0.3) is 22.8 Å². The number of pyridine rings is 1. The molecule has 0 aliphatic rings. The lowest BCUT2D eigenvalue weighted by Crippen LogP contribution is -2.06. The number of anilines is 1. The van der Waals surface area contributed by atoms with Crippen molar-refractivity contribution in [3.05, 3.63) is 65.7 Å². The molecule has 3 heterocycles. The number of nitrogen functional groups attached to an aromatic ring is 1. The van der Waals surface area contributed by atoms with Crippen LogP contribution < -0.4 is 15.2 Å². The van der Waals surface area contributed by atoms with Crippen LogP contribution >= 0.6 is 0 Å². The third kappa shape index (κ3) is 3.84. The molecule has 2 N–H and O–H groups in total. The van der Waals surface area contributed by atoms with Gasteiger partial charge in [-0.2, -0.15) is 5.10 Å². The first-order valence-electron chi connectivity index (χ1n) is 10.1. The van der Waals surface area contributed by atoms with E-state index in [2.05, 4.69) is 15.1 Å². The predicted octanol–water partition coefficient (Wildman–Crippen LogP) is 3.75. The fourth-order valence-corrected chi connectivity index (χ4v) is 3.59. The number of methoxy groups -OCH3 is 2. The Morgan fingerprint density at radius 2 is 1.75 bits per heavy atom. The molecule has 164 valence electrons. The first-order chi connectivity index (χ1) is 15.6. The smallest absolute Gasteiger partial charge is 0.215 e. The molecule has 0 amide bonds. The maximum atomic E-state index is 14.3. The summed E-state index contributed by atoms with van der Waals surface area (Å²) in [6, 6.07) is 10.2. The minimum absolute atomic E-state index is 0.189. The summed E-state index contributed by atoms with van der Waals surface area (Å²) in [6.07, 6.45) is 3.93. The number of ether oxygens (including phenoxy) is 2. The number of hydrogen-bond donors (Lipinski definition) is 1. The highest BCUT2D eigenvalue weighted by atomic mass is 19.1. The molecule has 0 unspecified atom stereocenters. The molecular weight excluding hydrogens is 411 g/mol. The standard InChI is InChI=1S/C23H23FN6O2/c1-4-16-19(29-30(23(16)32-3)13-15-7-5-6-8-17(15)24)22-27-18(14-9-11-26-12-10-14)20(31-2)21(25)28-22/h5-12H,4,13H2,1-3H3,(H2,25,27,28). The van der Waals surface area contributed by atoms with E-state index in [9.17, 15) is 4.39 Å². The molecule has 0 radical (unpaired) electrons. The fraction of sp³-hybridized carbons (Fsp3) is 0.217. The summed E-state index contributed by atoms with van der Waals surface area (Å²) >= 11 is 0. The summed E-state index contributed by atoms with van der Waals surface area (Å²) in [4.78, 5) is 13.2. The highest BCUT2D eigenvalue weighted by Crippen LogP contribution is 2.36. The third-order valence-corrected chi connectivity index (χ3v) is 5.09. The summed E-state index contributed by atoms with van der Waals surface area (Å²) in [6.45, 7) is 2.18. The van der Waals surface area contributed by atoms with Crippen LogP contribution in [0.4, 0.5) is 10.2 Å². The third-order valence-electron chi connectivity index (χ3n) is 5.09. The molecule has 0 aliphatic heterocycles. The lowest BCUT2D eigenvalue weighted by Gasteiger charge is -2.11. The van der Waals surface area contributed by atoms with Gasteiger partial charge in [-0.3, -0.25) is 4.98 Å². The van der Waals surface area contributed by atoms with E-state index in [1.165, 1.54) is 13.2 Å². The molecule has 0 spiro atoms. The van der Waals surface area contributed by atoms with Crippen molar-refractivity contribution in [2.24, 2.45) is 0 Å². The maximum Gasteiger partial charge on any atom is 0.215 e. The Hall–Kier alpha value is -4.01. The summed E-state index contributed by atoms with van der Waals surface area (Å²) in [7, 11) is 3.08. The first-order valence-corrected chi connectivity index (χ1v) is 10.1. The topological polar surface area (TPSA) is 101 Å². The molecule has 32 heavy (non-hydrogen) atoms. The van der Waals surface area contributed by atoms with E-state index >= 15 is 0 Å². The van der Waals surface area contributed by atoms with Gasteiger partial charge in [-0.1, -0.05) is 25.1 Å². The van der Waals surface area contributed by atoms with Gasteiger partial charge in [0.15, 0.2) is 17.4 Å². The van der Waals surface area contributed by atoms with Gasteiger partial charge in [0, 0.05) is 29.1 Å². The van der Waals surface area contributed by atoms with Crippen LogP contribution in [0.2, 0.25) is 0 Å². The number of nitrogens with zero attached hydrogens (tertiary/aromatic N) is 5. The molecule has 0 fully saturated rings. The van der Waals surface area contributed by atoms with Crippen molar-refractivity contribution >= 4 is 5.82 Å². The maximum absolute atomic E-state index is 14.3. The molecule has 0 saturated heterocycles. The molecule has 8 nitrogen and oxygen atoms in total. The van der Waals surface area contributed by atoms with Crippen LogP contribution in [0.3, 0.4) is 0 Å². The fourth-order valence-electron chi connectivity index (χ4n) is 3.59. The zero-order chi connectivity index (χ0) is 22.7. The van der Waals surface area contributed by atoms with Crippen molar-refractivity contribution < 1.29 is 13.9 Å². The van der Waals surface area contributed by atoms with E-state index < -0.39 is 0 Å². The molecule has 0 aliphatic carbocycles. The van der Waals surface area contributed by atoms with Gasteiger partial charge in [-0.05, 0) is 24.6 Å². The number of benzene rings is 1. The van der Waals surface area contributed by atoms with Crippen LogP contribution in [0.1, 0.15) is 18.1 Å². The average molecular weight is 434 g/mol. The Bertz CT molecular complexity index is 1240. The summed E-state index contributed by atoms with van der Waals surface area (Å²) in [5.41, 5.74) is 9.34. The second-order valence-electron chi connectivity index (χ2n) is 6.99. The molecule has 4 aromatic rings. The van der Waals surface area contributed by atoms with Crippen LogP contribution in [0, 0.1) is 5.82 Å². The highest BCUT2D eigenvalue weighted by molar-refractivity contribution is 5.75. The van der Waals surface area contributed by atoms with Crippen molar-refractivity contribution in [2.45, 2.75) is 19.9 Å². The Labute approximate surface area is 184 Å². The van der Waals surface area contributed by atoms with Crippen LogP contribution in [-0.2, 0) is 13.0 Å². The second-order valence-corrected chi connectivity index (χ2v) is 6.99. The van der Waals surface area contributed by atoms with Crippen molar-refractivity contribution in [3.63, 3.8) is 0 Å². The zero-order valence-corrected chi connectivity index (χ0v) is 18.0. The molecule has 0 saturated carbocycles. The van der Waals surface area contributed by atoms with Crippen molar-refractivity contribution in [1.82, 2.24) is 24.7 Å². The van der Waals surface area contributed by atoms with Crippen molar-refractivity contribution in [1.29, 1.82) is 0 Å². The van der Waals surface area contributed by atoms with Crippen LogP contribution in [0.15, 0.2) is 48.8 Å². The van der Waals surface area contributed by atoms with E-state index in [4.69, 9.17) is 20.2 Å². The van der Waals surface area contributed by atoms with Crippen LogP contribution in [-0.4, -0.2) is 39.0 Å². The van der Waals surface area contributed by atoms with Gasteiger partial charge in [0.05, 0.1) is 20.8 Å². The Morgan fingerprint density at radius 1 is 1.00 bits per heavy atom. The number of halogens is 1. The predicted molar refractivity (Wildman–Crippen MR) is 119 cm³/mol. The normalized spacial score (nSPS) is 10.9. The van der Waals surface area contributed by atoms with Gasteiger partial charge in [-0.15, -0.1) is 0 Å². The molecule has 3 aromatic heterocycles. The van der Waals surface area contributed by atoms with Crippen molar-refractivity contribution in [2.75, 3.05) is 20.0 Å². The monoisotopic (exact) mass is 434 g/mol. The van der Waals surface area contributed by atoms with Gasteiger partial charge >= 0.3 is 0 Å². The van der Waals surface area contributed by atoms with Crippen molar-refractivity contribution in [3.8, 4) is 34.4 Å². The van der Waals surface area contributed by atoms with Gasteiger partial charge in [-0.25, -0.2) is 19.0 Å². The Morgan fingerprint density at radius 3 is 2.41 bits per heavy atom. The van der Waals surface area contributed by atoms with E-state index in [0.717, 1.165) is 11.1 Å². The molecule has 0 atom stereocenters. The molecule has 9 heteroatoms. The highest BCUT2D eigenvalue weighted by Gasteiger charge is 2.24. The van der Waals surface area contributed by atoms with Crippen LogP contribution in [0.5, 0.6) is 11.6 Å². The van der Waals surface area contributed by atoms with Gasteiger partial charge in [0.2, 0.25) is 5.88 Å². The van der Waals surface area contributed by atoms with Gasteiger partial charge in [0.25, 0.3) is 0 Å². The quantitative estimate of drug-likeness (QED) is 0.473. The first kappa shape index (κ1) is 21.2. The van der Waals surface area contributed by atoms with E-state index in [0.29, 0.717) is 40.8 Å². The lowest BCUT2D eigenvalue weighted by atomic mass is 10.1. The minimum atomic E-state index is -0.311. The molecule has 1 aromatic carbocycles. The number of aromatic nitrogens is 5. The average Bonchev–Trinajstić information content (AvgIpc) is 3.17. The summed E-state index contributed by atoms with van der Waals surface area (Å²) < 4.78 is 27.0. The lowest BCUT2D eigenvalue weighted by molar-refractivity contribution is 0.362. The zero-order valence-electron chi connectivity index (χ0n) is 18.0. The Balaban J connectivity index is 1.87. The summed E-state index contributed by atoms with van der Waals surface area (Å²) in [5.74, 6) is 1.10. The van der Waals surface area contributed by atoms with Gasteiger partial charge in [0.1, 0.15) is 17.2 Å². The second kappa shape index (κ2) is 9.01. The summed E-state index contributed by atoms with van der Waals surface area (Å²) in [5, 5.41) is 4.68. The Kier molecular flexibility index (Phi) is 5.98. The number of rotatable bonds is 7. The number of nitrogens with two attached hydrogens (primary N) is 1. The van der Waals surface area contributed by atoms with E-state index in [1.54, 1.807) is 42.4 Å². The molecule has 0 bridgehead atoms. The minimum Gasteiger partial charge on any atom is -0.491 e. The molecule has 4 rings (SSSR count). The largest absolute Gasteiger partial charge is 0.491 e.